The minimum absolute atomic E-state index is 0.0678. The summed E-state index contributed by atoms with van der Waals surface area (Å²) in [5, 5.41) is 14.7. The predicted molar refractivity (Wildman–Crippen MR) is 90.3 cm³/mol. The summed E-state index contributed by atoms with van der Waals surface area (Å²) in [6, 6.07) is 14.2. The summed E-state index contributed by atoms with van der Waals surface area (Å²) >= 11 is 1.43. The number of carbonyl (C=O) groups is 1. The van der Waals surface area contributed by atoms with Gasteiger partial charge < -0.3 is 5.32 Å². The highest BCUT2D eigenvalue weighted by Gasteiger charge is 2.11. The first-order valence-electron chi connectivity index (χ1n) is 7.23. The van der Waals surface area contributed by atoms with E-state index in [0.717, 1.165) is 16.0 Å². The number of anilines is 1. The van der Waals surface area contributed by atoms with Gasteiger partial charge in [-0.25, -0.2) is 0 Å². The van der Waals surface area contributed by atoms with Crippen molar-refractivity contribution in [1.82, 2.24) is 10.2 Å². The zero-order chi connectivity index (χ0) is 15.5. The second kappa shape index (κ2) is 6.23. The first-order chi connectivity index (χ1) is 10.6. The Morgan fingerprint density at radius 3 is 2.64 bits per heavy atom. The van der Waals surface area contributed by atoms with E-state index in [-0.39, 0.29) is 5.91 Å². The third-order valence-corrected chi connectivity index (χ3v) is 4.50. The summed E-state index contributed by atoms with van der Waals surface area (Å²) in [5.41, 5.74) is 0.991. The number of fused-ring (bicyclic) bond motifs is 1. The van der Waals surface area contributed by atoms with Crippen LogP contribution in [0, 0.1) is 0 Å². The molecule has 1 heterocycles. The monoisotopic (exact) mass is 311 g/mol. The van der Waals surface area contributed by atoms with Crippen molar-refractivity contribution in [2.45, 2.75) is 26.2 Å². The largest absolute Gasteiger partial charge is 0.300 e. The number of carbonyl (C=O) groups excluding carboxylic acids is 1. The van der Waals surface area contributed by atoms with E-state index in [4.69, 9.17) is 0 Å². The number of benzene rings is 2. The summed E-state index contributed by atoms with van der Waals surface area (Å²) in [6.45, 7) is 4.11. The summed E-state index contributed by atoms with van der Waals surface area (Å²) in [7, 11) is 0. The quantitative estimate of drug-likeness (QED) is 0.792. The topological polar surface area (TPSA) is 54.9 Å². The number of nitrogens with one attached hydrogen (secondary N) is 1. The molecule has 0 radical (unpaired) electrons. The molecule has 0 bridgehead atoms. The normalized spacial score (nSPS) is 11.0. The van der Waals surface area contributed by atoms with Gasteiger partial charge in [0.1, 0.15) is 5.01 Å². The molecule has 3 aromatic rings. The molecule has 3 rings (SSSR count). The van der Waals surface area contributed by atoms with Gasteiger partial charge >= 0.3 is 0 Å². The van der Waals surface area contributed by atoms with Crippen molar-refractivity contribution in [1.29, 1.82) is 0 Å². The van der Waals surface area contributed by atoms with Gasteiger partial charge in [0.15, 0.2) is 0 Å². The van der Waals surface area contributed by atoms with Gasteiger partial charge in [-0.1, -0.05) is 67.6 Å². The first kappa shape index (κ1) is 14.7. The number of hydrogen-bond donors (Lipinski definition) is 1. The molecule has 0 atom stereocenters. The van der Waals surface area contributed by atoms with E-state index in [2.05, 4.69) is 47.6 Å². The molecule has 0 saturated carbocycles. The molecule has 5 heteroatoms. The third-order valence-electron chi connectivity index (χ3n) is 3.36. The van der Waals surface area contributed by atoms with Gasteiger partial charge in [0.2, 0.25) is 11.0 Å². The van der Waals surface area contributed by atoms with Crippen molar-refractivity contribution in [3.63, 3.8) is 0 Å². The molecule has 22 heavy (non-hydrogen) atoms. The Bertz CT molecular complexity index is 810. The summed E-state index contributed by atoms with van der Waals surface area (Å²) in [5.74, 6) is 0.255. The average Bonchev–Trinajstić information content (AvgIpc) is 2.95. The van der Waals surface area contributed by atoms with E-state index >= 15 is 0 Å². The van der Waals surface area contributed by atoms with Crippen LogP contribution in [-0.4, -0.2) is 16.1 Å². The molecule has 1 N–H and O–H groups in total. The molecule has 112 valence electrons. The Morgan fingerprint density at radius 2 is 1.91 bits per heavy atom. The van der Waals surface area contributed by atoms with Crippen molar-refractivity contribution in [3.8, 4) is 0 Å². The van der Waals surface area contributed by atoms with E-state index in [1.807, 2.05) is 24.3 Å². The Hall–Kier alpha value is -2.27. The fourth-order valence-electron chi connectivity index (χ4n) is 2.22. The van der Waals surface area contributed by atoms with Crippen molar-refractivity contribution in [2.24, 2.45) is 0 Å². The van der Waals surface area contributed by atoms with Crippen LogP contribution in [0.1, 0.15) is 30.3 Å². The number of rotatable bonds is 4. The molecular formula is C17H17N3OS. The van der Waals surface area contributed by atoms with Crippen LogP contribution in [-0.2, 0) is 11.2 Å². The lowest BCUT2D eigenvalue weighted by molar-refractivity contribution is -0.115. The molecule has 2 aromatic carbocycles. The third kappa shape index (κ3) is 3.31. The van der Waals surface area contributed by atoms with Gasteiger partial charge in [0.25, 0.3) is 0 Å². The van der Waals surface area contributed by atoms with Crippen molar-refractivity contribution >= 4 is 33.1 Å². The molecule has 0 unspecified atom stereocenters. The Balaban J connectivity index is 1.69. The molecule has 4 nitrogen and oxygen atoms in total. The van der Waals surface area contributed by atoms with E-state index in [0.29, 0.717) is 17.5 Å². The minimum atomic E-state index is -0.0678. The Morgan fingerprint density at radius 1 is 1.14 bits per heavy atom. The van der Waals surface area contributed by atoms with Crippen molar-refractivity contribution in [2.75, 3.05) is 5.32 Å². The van der Waals surface area contributed by atoms with E-state index in [9.17, 15) is 4.79 Å². The van der Waals surface area contributed by atoms with Crippen LogP contribution in [0.5, 0.6) is 0 Å². The fraction of sp³-hybridized carbons (Fsp3) is 0.235. The smallest absolute Gasteiger partial charge is 0.230 e. The van der Waals surface area contributed by atoms with E-state index in [1.54, 1.807) is 0 Å². The lowest BCUT2D eigenvalue weighted by Gasteiger charge is -2.04. The highest BCUT2D eigenvalue weighted by Crippen LogP contribution is 2.22. The molecule has 0 aliphatic rings. The van der Waals surface area contributed by atoms with Gasteiger partial charge in [-0.15, -0.1) is 10.2 Å². The molecule has 0 spiro atoms. The fourth-order valence-corrected chi connectivity index (χ4v) is 2.98. The van der Waals surface area contributed by atoms with Gasteiger partial charge in [0, 0.05) is 5.92 Å². The van der Waals surface area contributed by atoms with E-state index in [1.165, 1.54) is 16.7 Å². The van der Waals surface area contributed by atoms with Gasteiger partial charge in [0.05, 0.1) is 6.42 Å². The number of nitrogens with zero attached hydrogens (tertiary/aromatic N) is 2. The summed E-state index contributed by atoms with van der Waals surface area (Å²) < 4.78 is 0. The van der Waals surface area contributed by atoms with Crippen molar-refractivity contribution < 1.29 is 4.79 Å². The van der Waals surface area contributed by atoms with Crippen LogP contribution in [0.2, 0.25) is 0 Å². The zero-order valence-electron chi connectivity index (χ0n) is 12.5. The number of amides is 1. The molecule has 0 saturated heterocycles. The number of hydrogen-bond acceptors (Lipinski definition) is 4. The maximum atomic E-state index is 12.1. The molecule has 1 aromatic heterocycles. The van der Waals surface area contributed by atoms with Crippen LogP contribution >= 0.6 is 11.3 Å². The van der Waals surface area contributed by atoms with Crippen LogP contribution in [0.25, 0.3) is 10.8 Å². The number of aromatic nitrogens is 2. The second-order valence-electron chi connectivity index (χ2n) is 5.51. The average molecular weight is 311 g/mol. The highest BCUT2D eigenvalue weighted by molar-refractivity contribution is 7.15. The Kier molecular flexibility index (Phi) is 4.15. The lowest BCUT2D eigenvalue weighted by atomic mass is 10.1. The van der Waals surface area contributed by atoms with Crippen molar-refractivity contribution in [3.05, 3.63) is 53.0 Å². The van der Waals surface area contributed by atoms with E-state index < -0.39 is 0 Å². The summed E-state index contributed by atoms with van der Waals surface area (Å²) in [4.78, 5) is 12.1. The first-order valence-corrected chi connectivity index (χ1v) is 8.04. The standard InChI is InChI=1S/C17H17N3OS/c1-11(2)16-19-20-17(22-16)18-15(21)10-12-7-8-13-5-3-4-6-14(13)9-12/h3-9,11H,10H2,1-2H3,(H,18,20,21). The van der Waals surface area contributed by atoms with Crippen LogP contribution < -0.4 is 5.32 Å². The molecule has 1 amide bonds. The minimum Gasteiger partial charge on any atom is -0.300 e. The van der Waals surface area contributed by atoms with Crippen LogP contribution in [0.15, 0.2) is 42.5 Å². The summed E-state index contributed by atoms with van der Waals surface area (Å²) in [6.07, 6.45) is 0.335. The van der Waals surface area contributed by atoms with Gasteiger partial charge in [-0.05, 0) is 16.3 Å². The predicted octanol–water partition coefficient (Wildman–Crippen LogP) is 4.00. The maximum absolute atomic E-state index is 12.1. The maximum Gasteiger partial charge on any atom is 0.230 e. The van der Waals surface area contributed by atoms with Gasteiger partial charge in [-0.2, -0.15) is 0 Å². The highest BCUT2D eigenvalue weighted by atomic mass is 32.1. The molecular weight excluding hydrogens is 294 g/mol. The molecule has 0 aliphatic heterocycles. The SMILES string of the molecule is CC(C)c1nnc(NC(=O)Cc2ccc3ccccc3c2)s1. The second-order valence-corrected chi connectivity index (χ2v) is 6.52. The zero-order valence-corrected chi connectivity index (χ0v) is 13.4. The molecule has 0 aliphatic carbocycles. The molecule has 0 fully saturated rings. The van der Waals surface area contributed by atoms with Crippen LogP contribution in [0.4, 0.5) is 5.13 Å². The van der Waals surface area contributed by atoms with Crippen LogP contribution in [0.3, 0.4) is 0 Å². The Labute approximate surface area is 133 Å². The van der Waals surface area contributed by atoms with Gasteiger partial charge in [-0.3, -0.25) is 4.79 Å². The lowest BCUT2D eigenvalue weighted by Crippen LogP contribution is -2.14.